The van der Waals surface area contributed by atoms with Crippen LogP contribution in [0.25, 0.3) is 0 Å². The van der Waals surface area contributed by atoms with Gasteiger partial charge in [0.1, 0.15) is 0 Å². The zero-order valence-corrected chi connectivity index (χ0v) is 11.4. The van der Waals surface area contributed by atoms with E-state index in [2.05, 4.69) is 23.8 Å². The Morgan fingerprint density at radius 1 is 1.37 bits per heavy atom. The lowest BCUT2D eigenvalue weighted by Crippen LogP contribution is -2.51. The molecule has 19 heavy (non-hydrogen) atoms. The number of halogens is 2. The van der Waals surface area contributed by atoms with E-state index in [0.717, 1.165) is 25.7 Å². The van der Waals surface area contributed by atoms with Gasteiger partial charge in [-0.15, -0.1) is 0 Å². The zero-order valence-electron chi connectivity index (χ0n) is 11.4. The summed E-state index contributed by atoms with van der Waals surface area (Å²) in [5.74, 6) is -1.66. The van der Waals surface area contributed by atoms with E-state index in [-0.39, 0.29) is 5.56 Å². The van der Waals surface area contributed by atoms with E-state index in [4.69, 9.17) is 5.73 Å². The van der Waals surface area contributed by atoms with Crippen LogP contribution in [0.2, 0.25) is 0 Å². The molecule has 1 aliphatic heterocycles. The molecule has 2 N–H and O–H groups in total. The van der Waals surface area contributed by atoms with Gasteiger partial charge < -0.3 is 10.6 Å². The van der Waals surface area contributed by atoms with E-state index in [9.17, 15) is 8.78 Å². The molecule has 1 aromatic carbocycles. The van der Waals surface area contributed by atoms with Gasteiger partial charge in [0, 0.05) is 43.8 Å². The van der Waals surface area contributed by atoms with Crippen LogP contribution in [0, 0.1) is 11.6 Å². The number of benzene rings is 1. The molecule has 1 saturated heterocycles. The van der Waals surface area contributed by atoms with Crippen molar-refractivity contribution in [1.29, 1.82) is 0 Å². The Hall–Kier alpha value is -1.04. The van der Waals surface area contributed by atoms with Crippen LogP contribution in [0.1, 0.15) is 18.5 Å². The largest absolute Gasteiger partial charge is 0.323 e. The summed E-state index contributed by atoms with van der Waals surface area (Å²) in [5, 5.41) is 0. The van der Waals surface area contributed by atoms with Crippen molar-refractivity contribution in [2.75, 3.05) is 33.2 Å². The molecular weight excluding hydrogens is 248 g/mol. The quantitative estimate of drug-likeness (QED) is 0.904. The third-order valence-corrected chi connectivity index (χ3v) is 3.88. The molecule has 0 spiro atoms. The topological polar surface area (TPSA) is 32.5 Å². The number of nitrogens with zero attached hydrogens (tertiary/aromatic N) is 2. The molecular formula is C14H21F2N3. The fourth-order valence-corrected chi connectivity index (χ4v) is 2.47. The molecule has 0 amide bonds. The summed E-state index contributed by atoms with van der Waals surface area (Å²) in [6.07, 6.45) is 0. The molecule has 0 radical (unpaired) electrons. The van der Waals surface area contributed by atoms with Gasteiger partial charge in [-0.05, 0) is 20.0 Å². The van der Waals surface area contributed by atoms with Crippen LogP contribution in [0.5, 0.6) is 0 Å². The molecule has 1 aliphatic rings. The van der Waals surface area contributed by atoms with Gasteiger partial charge >= 0.3 is 0 Å². The first-order valence-corrected chi connectivity index (χ1v) is 6.61. The molecule has 0 aliphatic carbocycles. The molecule has 3 nitrogen and oxygen atoms in total. The minimum atomic E-state index is -0.834. The second-order valence-corrected chi connectivity index (χ2v) is 5.34. The molecule has 0 aromatic heterocycles. The summed E-state index contributed by atoms with van der Waals surface area (Å²) < 4.78 is 26.8. The van der Waals surface area contributed by atoms with Crippen LogP contribution in [0.3, 0.4) is 0 Å². The van der Waals surface area contributed by atoms with Crippen LogP contribution in [0.4, 0.5) is 8.78 Å². The highest BCUT2D eigenvalue weighted by Gasteiger charge is 2.23. The monoisotopic (exact) mass is 269 g/mol. The van der Waals surface area contributed by atoms with Crippen molar-refractivity contribution >= 4 is 0 Å². The third-order valence-electron chi connectivity index (χ3n) is 3.88. The third kappa shape index (κ3) is 3.29. The van der Waals surface area contributed by atoms with Gasteiger partial charge in [-0.1, -0.05) is 12.1 Å². The maximum Gasteiger partial charge on any atom is 0.163 e. The molecule has 1 fully saturated rings. The highest BCUT2D eigenvalue weighted by Crippen LogP contribution is 2.19. The Morgan fingerprint density at radius 2 is 2.11 bits per heavy atom. The van der Waals surface area contributed by atoms with Crippen LogP contribution in [0.15, 0.2) is 18.2 Å². The molecule has 5 heteroatoms. The smallest absolute Gasteiger partial charge is 0.163 e. The number of likely N-dealkylation sites (N-methyl/N-ethyl adjacent to an activating group) is 1. The minimum absolute atomic E-state index is 0.256. The summed E-state index contributed by atoms with van der Waals surface area (Å²) >= 11 is 0. The molecule has 1 heterocycles. The summed E-state index contributed by atoms with van der Waals surface area (Å²) in [6, 6.07) is 4.14. The zero-order chi connectivity index (χ0) is 14.0. The van der Waals surface area contributed by atoms with Crippen LogP contribution in [-0.2, 0) is 0 Å². The molecule has 1 aromatic rings. The number of hydrogen-bond acceptors (Lipinski definition) is 3. The average Bonchev–Trinajstić information content (AvgIpc) is 2.37. The van der Waals surface area contributed by atoms with E-state index in [1.807, 2.05) is 0 Å². The predicted octanol–water partition coefficient (Wildman–Crippen LogP) is 1.60. The van der Waals surface area contributed by atoms with Gasteiger partial charge in [-0.2, -0.15) is 0 Å². The molecule has 2 unspecified atom stereocenters. The van der Waals surface area contributed by atoms with E-state index in [1.54, 1.807) is 6.07 Å². The van der Waals surface area contributed by atoms with Crippen molar-refractivity contribution in [3.63, 3.8) is 0 Å². The number of rotatable bonds is 3. The SMILES string of the molecule is CC1CN(CC(N)c2cccc(F)c2F)CCN1C. The van der Waals surface area contributed by atoms with Gasteiger partial charge in [0.15, 0.2) is 11.6 Å². The second-order valence-electron chi connectivity index (χ2n) is 5.34. The number of hydrogen-bond donors (Lipinski definition) is 1. The lowest BCUT2D eigenvalue weighted by Gasteiger charge is -2.38. The van der Waals surface area contributed by atoms with E-state index >= 15 is 0 Å². The number of nitrogens with two attached hydrogens (primary N) is 1. The Morgan fingerprint density at radius 3 is 2.79 bits per heavy atom. The normalized spacial score (nSPS) is 23.5. The minimum Gasteiger partial charge on any atom is -0.323 e. The van der Waals surface area contributed by atoms with Crippen molar-refractivity contribution in [3.8, 4) is 0 Å². The lowest BCUT2D eigenvalue weighted by molar-refractivity contribution is 0.100. The first-order valence-electron chi connectivity index (χ1n) is 6.61. The van der Waals surface area contributed by atoms with E-state index in [0.29, 0.717) is 12.6 Å². The van der Waals surface area contributed by atoms with Gasteiger partial charge in [-0.3, -0.25) is 4.90 Å². The maximum atomic E-state index is 13.7. The molecule has 2 rings (SSSR count). The maximum absolute atomic E-state index is 13.7. The number of piperazine rings is 1. The van der Waals surface area contributed by atoms with Crippen LogP contribution in [-0.4, -0.2) is 49.1 Å². The predicted molar refractivity (Wildman–Crippen MR) is 71.8 cm³/mol. The Kier molecular flexibility index (Phi) is 4.50. The lowest BCUT2D eigenvalue weighted by atomic mass is 10.1. The highest BCUT2D eigenvalue weighted by molar-refractivity contribution is 5.22. The highest BCUT2D eigenvalue weighted by atomic mass is 19.2. The van der Waals surface area contributed by atoms with Crippen LogP contribution >= 0.6 is 0 Å². The molecule has 2 atom stereocenters. The van der Waals surface area contributed by atoms with E-state index in [1.165, 1.54) is 6.07 Å². The van der Waals surface area contributed by atoms with Gasteiger partial charge in [-0.25, -0.2) is 8.78 Å². The summed E-state index contributed by atoms with van der Waals surface area (Å²) in [5.41, 5.74) is 6.27. The van der Waals surface area contributed by atoms with Crippen molar-refractivity contribution < 1.29 is 8.78 Å². The summed E-state index contributed by atoms with van der Waals surface area (Å²) in [6.45, 7) is 5.49. The first kappa shape index (κ1) is 14.4. The average molecular weight is 269 g/mol. The van der Waals surface area contributed by atoms with Crippen LogP contribution < -0.4 is 5.73 Å². The Bertz CT molecular complexity index is 439. The molecule has 0 bridgehead atoms. The molecule has 0 saturated carbocycles. The Labute approximate surface area is 113 Å². The summed E-state index contributed by atoms with van der Waals surface area (Å²) in [4.78, 5) is 4.49. The molecule has 106 valence electrons. The van der Waals surface area contributed by atoms with Crippen molar-refractivity contribution in [2.45, 2.75) is 19.0 Å². The standard InChI is InChI=1S/C14H21F2N3/c1-10-8-19(7-6-18(10)2)9-13(17)11-4-3-5-12(15)14(11)16/h3-5,10,13H,6-9,17H2,1-2H3. The van der Waals surface area contributed by atoms with Crippen molar-refractivity contribution in [1.82, 2.24) is 9.80 Å². The summed E-state index contributed by atoms with van der Waals surface area (Å²) in [7, 11) is 2.09. The second kappa shape index (κ2) is 5.94. The first-order chi connectivity index (χ1) is 8.99. The van der Waals surface area contributed by atoms with Crippen molar-refractivity contribution in [3.05, 3.63) is 35.4 Å². The fraction of sp³-hybridized carbons (Fsp3) is 0.571. The fourth-order valence-electron chi connectivity index (χ4n) is 2.47. The van der Waals surface area contributed by atoms with Gasteiger partial charge in [0.2, 0.25) is 0 Å². The van der Waals surface area contributed by atoms with E-state index < -0.39 is 17.7 Å². The van der Waals surface area contributed by atoms with Gasteiger partial charge in [0.05, 0.1) is 0 Å². The van der Waals surface area contributed by atoms with Gasteiger partial charge in [0.25, 0.3) is 0 Å². The Balaban J connectivity index is 2.01. The van der Waals surface area contributed by atoms with Crippen molar-refractivity contribution in [2.24, 2.45) is 5.73 Å².